The van der Waals surface area contributed by atoms with E-state index in [-0.39, 0.29) is 11.3 Å². The molecule has 0 N–H and O–H groups in total. The first kappa shape index (κ1) is 26.2. The first-order valence-electron chi connectivity index (χ1n) is 13.9. The Morgan fingerprint density at radius 1 is 0.974 bits per heavy atom. The maximum absolute atomic E-state index is 13.1. The Labute approximate surface area is 226 Å². The standard InChI is InChI=1S/C32H39N3O3/c1-37-29-13-11-26(12-14-29)24-34-21-22-38-30-10-3-2-7-27(30)8-4-5-15-32(25-34)16-19-35(20-17-32)31(36)28-9-6-18-33-23-28/h2-3,6-7,9-14,18,23H,4-5,8,15-17,19-22,24-25H2,1H3. The van der Waals surface area contributed by atoms with E-state index in [1.807, 2.05) is 29.2 Å². The minimum absolute atomic E-state index is 0.0983. The third kappa shape index (κ3) is 6.54. The number of aryl methyl sites for hydroxylation is 1. The van der Waals surface area contributed by atoms with Crippen LogP contribution in [0.4, 0.5) is 0 Å². The Bertz CT molecular complexity index is 1170. The molecule has 3 heterocycles. The zero-order valence-corrected chi connectivity index (χ0v) is 22.5. The van der Waals surface area contributed by atoms with Crippen LogP contribution in [0.5, 0.6) is 11.5 Å². The summed E-state index contributed by atoms with van der Waals surface area (Å²) >= 11 is 0. The summed E-state index contributed by atoms with van der Waals surface area (Å²) in [6, 6.07) is 20.6. The molecule has 1 saturated heterocycles. The van der Waals surface area contributed by atoms with Gasteiger partial charge in [-0.15, -0.1) is 0 Å². The second-order valence-corrected chi connectivity index (χ2v) is 10.8. The van der Waals surface area contributed by atoms with E-state index in [1.165, 1.54) is 24.0 Å². The number of amides is 1. The zero-order chi connectivity index (χ0) is 26.2. The predicted octanol–water partition coefficient (Wildman–Crippen LogP) is 5.62. The van der Waals surface area contributed by atoms with Crippen LogP contribution in [0.1, 0.15) is 53.6 Å². The van der Waals surface area contributed by atoms with Crippen LogP contribution in [0.15, 0.2) is 73.1 Å². The predicted molar refractivity (Wildman–Crippen MR) is 150 cm³/mol. The molecule has 2 aliphatic heterocycles. The number of pyridine rings is 1. The SMILES string of the molecule is COc1ccc(CN2CCOc3ccccc3CCCCC3(CCN(C(=O)c4cccnc4)CC3)C2)cc1. The number of ether oxygens (including phenoxy) is 2. The summed E-state index contributed by atoms with van der Waals surface area (Å²) in [7, 11) is 1.70. The number of carbonyl (C=O) groups is 1. The topological polar surface area (TPSA) is 54.9 Å². The van der Waals surface area contributed by atoms with Crippen molar-refractivity contribution in [2.45, 2.75) is 45.1 Å². The molecule has 3 aromatic rings. The van der Waals surface area contributed by atoms with Gasteiger partial charge >= 0.3 is 0 Å². The summed E-state index contributed by atoms with van der Waals surface area (Å²) in [5.74, 6) is 2.00. The Morgan fingerprint density at radius 3 is 2.55 bits per heavy atom. The third-order valence-electron chi connectivity index (χ3n) is 8.18. The maximum atomic E-state index is 13.1. The molecule has 6 nitrogen and oxygen atoms in total. The van der Waals surface area contributed by atoms with Gasteiger partial charge in [-0.1, -0.05) is 36.8 Å². The van der Waals surface area contributed by atoms with Crippen LogP contribution >= 0.6 is 0 Å². The van der Waals surface area contributed by atoms with Crippen molar-refractivity contribution in [1.82, 2.24) is 14.8 Å². The highest BCUT2D eigenvalue weighted by atomic mass is 16.5. The van der Waals surface area contributed by atoms with E-state index in [0.717, 1.165) is 69.9 Å². The van der Waals surface area contributed by atoms with E-state index in [1.54, 1.807) is 19.5 Å². The van der Waals surface area contributed by atoms with Crippen molar-refractivity contribution in [3.05, 3.63) is 89.7 Å². The molecule has 6 heteroatoms. The van der Waals surface area contributed by atoms with Crippen LogP contribution in [0.2, 0.25) is 0 Å². The summed E-state index contributed by atoms with van der Waals surface area (Å²) < 4.78 is 11.7. The molecule has 0 bridgehead atoms. The van der Waals surface area contributed by atoms with Gasteiger partial charge in [0.2, 0.25) is 0 Å². The first-order valence-corrected chi connectivity index (χ1v) is 13.9. The van der Waals surface area contributed by atoms with Crippen LogP contribution in [-0.4, -0.2) is 60.6 Å². The fraction of sp³-hybridized carbons (Fsp3) is 0.438. The Kier molecular flexibility index (Phi) is 8.59. The number of methoxy groups -OCH3 is 1. The quantitative estimate of drug-likeness (QED) is 0.453. The van der Waals surface area contributed by atoms with Gasteiger partial charge in [-0.2, -0.15) is 0 Å². The number of carbonyl (C=O) groups excluding carboxylic acids is 1. The number of para-hydroxylation sites is 1. The van der Waals surface area contributed by atoms with E-state index >= 15 is 0 Å². The second-order valence-electron chi connectivity index (χ2n) is 10.8. The lowest BCUT2D eigenvalue weighted by Crippen LogP contribution is -2.48. The molecule has 1 fully saturated rings. The van der Waals surface area contributed by atoms with Gasteiger partial charge in [-0.05, 0) is 79.0 Å². The molecule has 2 aliphatic rings. The molecular weight excluding hydrogens is 474 g/mol. The van der Waals surface area contributed by atoms with E-state index in [9.17, 15) is 4.79 Å². The van der Waals surface area contributed by atoms with Crippen LogP contribution in [0.3, 0.4) is 0 Å². The molecule has 200 valence electrons. The van der Waals surface area contributed by atoms with E-state index < -0.39 is 0 Å². The van der Waals surface area contributed by atoms with Gasteiger partial charge < -0.3 is 14.4 Å². The summed E-state index contributed by atoms with van der Waals surface area (Å²) in [4.78, 5) is 21.8. The largest absolute Gasteiger partial charge is 0.497 e. The number of fused-ring (bicyclic) bond motifs is 1. The van der Waals surface area contributed by atoms with E-state index in [4.69, 9.17) is 9.47 Å². The number of hydrogen-bond acceptors (Lipinski definition) is 5. The molecule has 38 heavy (non-hydrogen) atoms. The van der Waals surface area contributed by atoms with Gasteiger partial charge in [0.1, 0.15) is 18.1 Å². The average molecular weight is 514 g/mol. The number of rotatable bonds is 4. The van der Waals surface area contributed by atoms with E-state index in [2.05, 4.69) is 46.3 Å². The average Bonchev–Trinajstić information content (AvgIpc) is 2.96. The summed E-state index contributed by atoms with van der Waals surface area (Å²) in [5.41, 5.74) is 3.45. The lowest BCUT2D eigenvalue weighted by molar-refractivity contribution is 0.0361. The molecule has 5 rings (SSSR count). The molecule has 0 atom stereocenters. The minimum Gasteiger partial charge on any atom is -0.497 e. The number of benzene rings is 2. The molecule has 1 amide bonds. The van der Waals surface area contributed by atoms with Gasteiger partial charge in [0.05, 0.1) is 12.7 Å². The van der Waals surface area contributed by atoms with Crippen molar-refractivity contribution in [2.75, 3.05) is 39.9 Å². The van der Waals surface area contributed by atoms with Crippen LogP contribution in [0.25, 0.3) is 0 Å². The monoisotopic (exact) mass is 513 g/mol. The third-order valence-corrected chi connectivity index (χ3v) is 8.18. The highest BCUT2D eigenvalue weighted by molar-refractivity contribution is 5.93. The fourth-order valence-electron chi connectivity index (χ4n) is 5.97. The van der Waals surface area contributed by atoms with Crippen molar-refractivity contribution in [3.8, 4) is 11.5 Å². The molecule has 0 radical (unpaired) electrons. The van der Waals surface area contributed by atoms with Gasteiger partial charge in [-0.25, -0.2) is 0 Å². The van der Waals surface area contributed by atoms with Crippen molar-refractivity contribution >= 4 is 5.91 Å². The zero-order valence-electron chi connectivity index (χ0n) is 22.5. The molecule has 2 aromatic carbocycles. The van der Waals surface area contributed by atoms with Crippen molar-refractivity contribution in [2.24, 2.45) is 5.41 Å². The second kappa shape index (κ2) is 12.4. The van der Waals surface area contributed by atoms with Gasteiger partial charge in [0.15, 0.2) is 0 Å². The van der Waals surface area contributed by atoms with Crippen molar-refractivity contribution in [3.63, 3.8) is 0 Å². The van der Waals surface area contributed by atoms with Crippen LogP contribution < -0.4 is 9.47 Å². The number of aromatic nitrogens is 1. The lowest BCUT2D eigenvalue weighted by atomic mass is 9.73. The summed E-state index contributed by atoms with van der Waals surface area (Å²) in [6.07, 6.45) is 10.0. The van der Waals surface area contributed by atoms with Gasteiger partial charge in [0, 0.05) is 45.1 Å². The summed E-state index contributed by atoms with van der Waals surface area (Å²) in [6.45, 7) is 5.00. The number of hydrogen-bond donors (Lipinski definition) is 0. The van der Waals surface area contributed by atoms with Crippen molar-refractivity contribution < 1.29 is 14.3 Å². The smallest absolute Gasteiger partial charge is 0.255 e. The molecule has 0 saturated carbocycles. The molecule has 1 aromatic heterocycles. The van der Waals surface area contributed by atoms with Crippen molar-refractivity contribution in [1.29, 1.82) is 0 Å². The Morgan fingerprint density at radius 2 is 1.79 bits per heavy atom. The van der Waals surface area contributed by atoms with Crippen LogP contribution in [-0.2, 0) is 13.0 Å². The summed E-state index contributed by atoms with van der Waals surface area (Å²) in [5, 5.41) is 0. The highest BCUT2D eigenvalue weighted by Crippen LogP contribution is 2.39. The first-order chi connectivity index (χ1) is 18.6. The van der Waals surface area contributed by atoms with Gasteiger partial charge in [0.25, 0.3) is 5.91 Å². The minimum atomic E-state index is 0.0983. The number of likely N-dealkylation sites (tertiary alicyclic amines) is 1. The Hall–Kier alpha value is -3.38. The van der Waals surface area contributed by atoms with Gasteiger partial charge in [-0.3, -0.25) is 14.7 Å². The number of piperidine rings is 1. The Balaban J connectivity index is 1.33. The molecule has 0 unspecified atom stereocenters. The maximum Gasteiger partial charge on any atom is 0.255 e. The van der Waals surface area contributed by atoms with Crippen LogP contribution in [0, 0.1) is 5.41 Å². The molecular formula is C32H39N3O3. The molecule has 0 aliphatic carbocycles. The lowest BCUT2D eigenvalue weighted by Gasteiger charge is -2.45. The van der Waals surface area contributed by atoms with E-state index in [0.29, 0.717) is 12.2 Å². The fourth-order valence-corrected chi connectivity index (χ4v) is 5.97. The molecule has 1 spiro atoms. The normalized spacial score (nSPS) is 18.5. The highest BCUT2D eigenvalue weighted by Gasteiger charge is 2.37. The number of nitrogens with zero attached hydrogens (tertiary/aromatic N) is 3.